The normalized spacial score (nSPS) is 17.1. The fourth-order valence-electron chi connectivity index (χ4n) is 2.26. The lowest BCUT2D eigenvalue weighted by Gasteiger charge is -2.20. The molecule has 1 saturated carbocycles. The van der Waals surface area contributed by atoms with Crippen molar-refractivity contribution in [3.8, 4) is 0 Å². The number of carboxylic acid groups (broad SMARTS) is 1. The molecule has 0 radical (unpaired) electrons. The average Bonchev–Trinajstić information content (AvgIpc) is 3.08. The zero-order valence-electron chi connectivity index (χ0n) is 10.8. The molecule has 4 nitrogen and oxygen atoms in total. The predicted octanol–water partition coefficient (Wildman–Crippen LogP) is 3.32. The zero-order valence-corrected chi connectivity index (χ0v) is 10.8. The van der Waals surface area contributed by atoms with E-state index >= 15 is 0 Å². The predicted molar refractivity (Wildman–Crippen MR) is 68.0 cm³/mol. The van der Waals surface area contributed by atoms with E-state index in [0.717, 1.165) is 0 Å². The highest BCUT2D eigenvalue weighted by atomic mass is 19.4. The molecule has 1 heterocycles. The lowest BCUT2D eigenvalue weighted by atomic mass is 10.1. The zero-order chi connectivity index (χ0) is 15.3. The summed E-state index contributed by atoms with van der Waals surface area (Å²) in [7, 11) is 0. The number of furan rings is 1. The third kappa shape index (κ3) is 2.49. The van der Waals surface area contributed by atoms with Gasteiger partial charge >= 0.3 is 12.1 Å². The van der Waals surface area contributed by atoms with Crippen LogP contribution in [0.2, 0.25) is 0 Å². The molecule has 0 amide bonds. The van der Waals surface area contributed by atoms with Gasteiger partial charge in [0.15, 0.2) is 0 Å². The van der Waals surface area contributed by atoms with Gasteiger partial charge in [0.2, 0.25) is 5.76 Å². The summed E-state index contributed by atoms with van der Waals surface area (Å²) in [5, 5.41) is 11.9. The molecule has 21 heavy (non-hydrogen) atoms. The number of fused-ring (bicyclic) bond motifs is 1. The van der Waals surface area contributed by atoms with Gasteiger partial charge in [-0.3, -0.25) is 5.32 Å². The molecule has 3 rings (SSSR count). The lowest BCUT2D eigenvalue weighted by molar-refractivity contribution is -0.166. The highest BCUT2D eigenvalue weighted by Crippen LogP contribution is 2.49. The number of carboxylic acids is 1. The molecule has 1 aromatic heterocycles. The van der Waals surface area contributed by atoms with Crippen molar-refractivity contribution in [2.24, 2.45) is 0 Å². The van der Waals surface area contributed by atoms with Gasteiger partial charge in [0.25, 0.3) is 0 Å². The molecular weight excluding hydrogens is 287 g/mol. The first-order valence-electron chi connectivity index (χ1n) is 6.38. The molecular formula is C14H12F3NO3. The molecule has 1 aliphatic carbocycles. The highest BCUT2D eigenvalue weighted by molar-refractivity contribution is 5.91. The second kappa shape index (κ2) is 4.49. The van der Waals surface area contributed by atoms with Crippen molar-refractivity contribution in [3.05, 3.63) is 35.6 Å². The van der Waals surface area contributed by atoms with Gasteiger partial charge in [-0.2, -0.15) is 13.2 Å². The van der Waals surface area contributed by atoms with E-state index in [9.17, 15) is 18.0 Å². The monoisotopic (exact) mass is 299 g/mol. The maximum atomic E-state index is 12.8. The second-order valence-corrected chi connectivity index (χ2v) is 5.22. The van der Waals surface area contributed by atoms with Gasteiger partial charge in [0.1, 0.15) is 11.1 Å². The van der Waals surface area contributed by atoms with Gasteiger partial charge in [-0.25, -0.2) is 4.79 Å². The molecule has 112 valence electrons. The minimum Gasteiger partial charge on any atom is -0.475 e. The van der Waals surface area contributed by atoms with Crippen molar-refractivity contribution < 1.29 is 27.5 Å². The maximum Gasteiger partial charge on any atom is 0.406 e. The van der Waals surface area contributed by atoms with Crippen molar-refractivity contribution in [1.29, 1.82) is 0 Å². The van der Waals surface area contributed by atoms with E-state index in [1.54, 1.807) is 18.2 Å². The van der Waals surface area contributed by atoms with Gasteiger partial charge in [0.05, 0.1) is 0 Å². The quantitative estimate of drug-likeness (QED) is 0.909. The SMILES string of the molecule is O=C(O)c1cc2cc(CNC3(C(F)(F)F)CC3)ccc2o1. The van der Waals surface area contributed by atoms with Crippen LogP contribution in [0.15, 0.2) is 28.7 Å². The molecule has 2 aromatic rings. The Kier molecular flexibility index (Phi) is 2.98. The van der Waals surface area contributed by atoms with Crippen LogP contribution in [-0.4, -0.2) is 22.8 Å². The molecule has 1 fully saturated rings. The Morgan fingerprint density at radius 1 is 1.33 bits per heavy atom. The molecule has 1 aromatic carbocycles. The van der Waals surface area contributed by atoms with Crippen LogP contribution in [0.25, 0.3) is 11.0 Å². The third-order valence-corrected chi connectivity index (χ3v) is 3.72. The first-order valence-corrected chi connectivity index (χ1v) is 6.38. The molecule has 0 aliphatic heterocycles. The second-order valence-electron chi connectivity index (χ2n) is 5.22. The van der Waals surface area contributed by atoms with Gasteiger partial charge in [-0.05, 0) is 36.6 Å². The first kappa shape index (κ1) is 13.9. The molecule has 1 aliphatic rings. The minimum atomic E-state index is -4.25. The Morgan fingerprint density at radius 2 is 2.05 bits per heavy atom. The first-order chi connectivity index (χ1) is 9.81. The van der Waals surface area contributed by atoms with Crippen LogP contribution in [0, 0.1) is 0 Å². The van der Waals surface area contributed by atoms with Crippen LogP contribution >= 0.6 is 0 Å². The summed E-state index contributed by atoms with van der Waals surface area (Å²) in [4.78, 5) is 10.8. The van der Waals surface area contributed by atoms with Crippen molar-refractivity contribution in [1.82, 2.24) is 5.32 Å². The van der Waals surface area contributed by atoms with Crippen molar-refractivity contribution in [2.75, 3.05) is 0 Å². The van der Waals surface area contributed by atoms with Gasteiger partial charge in [0, 0.05) is 11.9 Å². The molecule has 0 spiro atoms. The molecule has 0 unspecified atom stereocenters. The molecule has 0 saturated heterocycles. The third-order valence-electron chi connectivity index (χ3n) is 3.72. The van der Waals surface area contributed by atoms with Crippen molar-refractivity contribution in [3.63, 3.8) is 0 Å². The van der Waals surface area contributed by atoms with Crippen molar-refractivity contribution >= 4 is 16.9 Å². The van der Waals surface area contributed by atoms with Crippen LogP contribution < -0.4 is 5.32 Å². The molecule has 0 bridgehead atoms. The number of halogens is 3. The number of carbonyl (C=O) groups is 1. The number of alkyl halides is 3. The van der Waals surface area contributed by atoms with E-state index in [-0.39, 0.29) is 25.1 Å². The summed E-state index contributed by atoms with van der Waals surface area (Å²) in [5.41, 5.74) is -0.714. The minimum absolute atomic E-state index is 0.0725. The topological polar surface area (TPSA) is 62.5 Å². The van der Waals surface area contributed by atoms with Crippen LogP contribution in [0.3, 0.4) is 0 Å². The van der Waals surface area contributed by atoms with Gasteiger partial charge in [-0.15, -0.1) is 0 Å². The summed E-state index contributed by atoms with van der Waals surface area (Å²) < 4.78 is 43.5. The number of benzene rings is 1. The summed E-state index contributed by atoms with van der Waals surface area (Å²) >= 11 is 0. The lowest BCUT2D eigenvalue weighted by Crippen LogP contribution is -2.44. The van der Waals surface area contributed by atoms with Crippen LogP contribution in [0.4, 0.5) is 13.2 Å². The maximum absolute atomic E-state index is 12.8. The molecule has 0 atom stereocenters. The Labute approximate surface area is 117 Å². The Balaban J connectivity index is 1.77. The van der Waals surface area contributed by atoms with E-state index in [4.69, 9.17) is 9.52 Å². The van der Waals surface area contributed by atoms with E-state index < -0.39 is 17.7 Å². The van der Waals surface area contributed by atoms with E-state index in [1.165, 1.54) is 6.07 Å². The summed E-state index contributed by atoms with van der Waals surface area (Å²) in [6.45, 7) is 0.0725. The summed E-state index contributed by atoms with van der Waals surface area (Å²) in [6, 6.07) is 6.17. The number of nitrogens with one attached hydrogen (secondary N) is 1. The largest absolute Gasteiger partial charge is 0.475 e. The van der Waals surface area contributed by atoms with E-state index in [2.05, 4.69) is 5.32 Å². The Morgan fingerprint density at radius 3 is 2.62 bits per heavy atom. The summed E-state index contributed by atoms with van der Waals surface area (Å²) in [6.07, 6.45) is -4.07. The van der Waals surface area contributed by atoms with Crippen molar-refractivity contribution in [2.45, 2.75) is 31.1 Å². The molecule has 7 heteroatoms. The smallest absolute Gasteiger partial charge is 0.406 e. The van der Waals surface area contributed by atoms with Gasteiger partial charge in [-0.1, -0.05) is 6.07 Å². The number of hydrogen-bond donors (Lipinski definition) is 2. The number of rotatable bonds is 4. The highest BCUT2D eigenvalue weighted by Gasteiger charge is 2.62. The average molecular weight is 299 g/mol. The summed E-state index contributed by atoms with van der Waals surface area (Å²) in [5.74, 6) is -1.37. The Bertz CT molecular complexity index is 701. The fourth-order valence-corrected chi connectivity index (χ4v) is 2.26. The van der Waals surface area contributed by atoms with Gasteiger partial charge < -0.3 is 9.52 Å². The number of hydrogen-bond acceptors (Lipinski definition) is 3. The fraction of sp³-hybridized carbons (Fsp3) is 0.357. The van der Waals surface area contributed by atoms with Crippen LogP contribution in [0.1, 0.15) is 29.0 Å². The standard InChI is InChI=1S/C14H12F3NO3/c15-14(16,17)13(3-4-13)18-7-8-1-2-10-9(5-8)6-11(21-10)12(19)20/h1-2,5-6,18H,3-4,7H2,(H,19,20). The molecule has 2 N–H and O–H groups in total. The number of aromatic carboxylic acids is 1. The Hall–Kier alpha value is -2.02. The van der Waals surface area contributed by atoms with Crippen LogP contribution in [-0.2, 0) is 6.54 Å². The van der Waals surface area contributed by atoms with Crippen LogP contribution in [0.5, 0.6) is 0 Å². The van der Waals surface area contributed by atoms with E-state index in [0.29, 0.717) is 16.5 Å². The van der Waals surface area contributed by atoms with E-state index in [1.807, 2.05) is 0 Å².